The maximum atomic E-state index is 12.7. The maximum Gasteiger partial charge on any atom is 0.254 e. The van der Waals surface area contributed by atoms with E-state index in [1.807, 2.05) is 4.90 Å². The van der Waals surface area contributed by atoms with E-state index in [1.54, 1.807) is 12.1 Å². The first kappa shape index (κ1) is 15.5. The lowest BCUT2D eigenvalue weighted by Crippen LogP contribution is -2.48. The summed E-state index contributed by atoms with van der Waals surface area (Å²) < 4.78 is 0. The number of nitrogens with zero attached hydrogens (tertiary/aromatic N) is 1. The highest BCUT2D eigenvalue weighted by Crippen LogP contribution is 2.32. The van der Waals surface area contributed by atoms with Gasteiger partial charge in [0.1, 0.15) is 0 Å². The first-order valence-electron chi connectivity index (χ1n) is 6.86. The van der Waals surface area contributed by atoms with Gasteiger partial charge in [0.25, 0.3) is 5.91 Å². The van der Waals surface area contributed by atoms with Crippen molar-refractivity contribution in [2.75, 3.05) is 12.3 Å². The molecular weight excluding hydrogens is 295 g/mol. The van der Waals surface area contributed by atoms with E-state index < -0.39 is 0 Å². The van der Waals surface area contributed by atoms with Crippen LogP contribution in [0.5, 0.6) is 0 Å². The van der Waals surface area contributed by atoms with Crippen LogP contribution < -0.4 is 5.73 Å². The zero-order valence-electron chi connectivity index (χ0n) is 12.0. The molecule has 5 heteroatoms. The van der Waals surface area contributed by atoms with Gasteiger partial charge in [-0.3, -0.25) is 4.79 Å². The average molecular weight is 315 g/mol. The van der Waals surface area contributed by atoms with E-state index in [1.165, 1.54) is 0 Å². The van der Waals surface area contributed by atoms with Crippen LogP contribution in [-0.2, 0) is 0 Å². The van der Waals surface area contributed by atoms with Gasteiger partial charge >= 0.3 is 0 Å². The quantitative estimate of drug-likeness (QED) is 0.794. The van der Waals surface area contributed by atoms with Gasteiger partial charge in [-0.2, -0.15) is 0 Å². The van der Waals surface area contributed by atoms with Gasteiger partial charge in [0.05, 0.1) is 15.7 Å². The number of benzene rings is 1. The Morgan fingerprint density at radius 2 is 1.80 bits per heavy atom. The van der Waals surface area contributed by atoms with Gasteiger partial charge in [-0.05, 0) is 37.3 Å². The molecule has 1 aromatic carbocycles. The molecule has 2 rings (SSSR count). The Labute approximate surface area is 130 Å². The molecule has 20 heavy (non-hydrogen) atoms. The van der Waals surface area contributed by atoms with Gasteiger partial charge in [0, 0.05) is 18.2 Å². The van der Waals surface area contributed by atoms with Crippen molar-refractivity contribution in [2.45, 2.75) is 33.2 Å². The van der Waals surface area contributed by atoms with Crippen LogP contribution in [0.2, 0.25) is 10.0 Å². The fourth-order valence-corrected chi connectivity index (χ4v) is 3.34. The summed E-state index contributed by atoms with van der Waals surface area (Å²) in [5.74, 6) is 0.965. The Balaban J connectivity index is 2.31. The van der Waals surface area contributed by atoms with Crippen LogP contribution in [0.25, 0.3) is 0 Å². The number of amides is 1. The minimum absolute atomic E-state index is 0.0281. The lowest BCUT2D eigenvalue weighted by atomic mass is 9.85. The molecule has 0 bridgehead atoms. The zero-order chi connectivity index (χ0) is 15.0. The Morgan fingerprint density at radius 1 is 1.25 bits per heavy atom. The molecule has 0 radical (unpaired) electrons. The Morgan fingerprint density at radius 3 is 2.35 bits per heavy atom. The number of anilines is 1. The smallest absolute Gasteiger partial charge is 0.254 e. The number of rotatable bonds is 1. The van der Waals surface area contributed by atoms with E-state index in [9.17, 15) is 4.79 Å². The largest absolute Gasteiger partial charge is 0.396 e. The summed E-state index contributed by atoms with van der Waals surface area (Å²) in [5.41, 5.74) is 6.53. The molecule has 1 aliphatic rings. The lowest BCUT2D eigenvalue weighted by Gasteiger charge is -2.41. The third kappa shape index (κ3) is 2.89. The van der Waals surface area contributed by atoms with Crippen LogP contribution in [-0.4, -0.2) is 23.4 Å². The summed E-state index contributed by atoms with van der Waals surface area (Å²) in [7, 11) is 0. The van der Waals surface area contributed by atoms with Crippen LogP contribution in [0.15, 0.2) is 12.1 Å². The lowest BCUT2D eigenvalue weighted by molar-refractivity contribution is 0.0456. The van der Waals surface area contributed by atoms with E-state index >= 15 is 0 Å². The van der Waals surface area contributed by atoms with Crippen molar-refractivity contribution < 1.29 is 4.79 Å². The summed E-state index contributed by atoms with van der Waals surface area (Å²) in [6.45, 7) is 7.22. The second kappa shape index (κ2) is 5.82. The van der Waals surface area contributed by atoms with Crippen molar-refractivity contribution in [1.29, 1.82) is 0 Å². The normalized spacial score (nSPS) is 26.6. The van der Waals surface area contributed by atoms with Crippen molar-refractivity contribution in [3.63, 3.8) is 0 Å². The van der Waals surface area contributed by atoms with Crippen LogP contribution in [0.4, 0.5) is 5.69 Å². The second-order valence-corrected chi connectivity index (χ2v) is 6.68. The van der Waals surface area contributed by atoms with Crippen LogP contribution in [0.1, 0.15) is 37.6 Å². The molecule has 3 unspecified atom stereocenters. The Bertz CT molecular complexity index is 510. The highest BCUT2D eigenvalue weighted by atomic mass is 35.5. The van der Waals surface area contributed by atoms with Crippen molar-refractivity contribution in [1.82, 2.24) is 4.90 Å². The van der Waals surface area contributed by atoms with E-state index in [4.69, 9.17) is 28.9 Å². The SMILES string of the molecule is CC1CC(C)C(C)N(C(=O)c2cc(Cl)c(N)c(Cl)c2)C1. The molecule has 0 aliphatic carbocycles. The number of carbonyl (C=O) groups excluding carboxylic acids is 1. The Kier molecular flexibility index (Phi) is 4.50. The summed E-state index contributed by atoms with van der Waals surface area (Å²) in [6.07, 6.45) is 1.15. The van der Waals surface area contributed by atoms with Crippen LogP contribution in [0, 0.1) is 11.8 Å². The van der Waals surface area contributed by atoms with Crippen LogP contribution >= 0.6 is 23.2 Å². The molecule has 3 nitrogen and oxygen atoms in total. The number of piperidine rings is 1. The number of halogens is 2. The molecule has 0 saturated carbocycles. The average Bonchev–Trinajstić information content (AvgIpc) is 2.38. The van der Waals surface area contributed by atoms with Gasteiger partial charge < -0.3 is 10.6 Å². The number of carbonyl (C=O) groups is 1. The highest BCUT2D eigenvalue weighted by Gasteiger charge is 2.32. The van der Waals surface area contributed by atoms with Gasteiger partial charge in [-0.1, -0.05) is 37.0 Å². The van der Waals surface area contributed by atoms with Crippen molar-refractivity contribution in [3.05, 3.63) is 27.7 Å². The number of hydrogen-bond donors (Lipinski definition) is 1. The minimum atomic E-state index is -0.0281. The number of hydrogen-bond acceptors (Lipinski definition) is 2. The van der Waals surface area contributed by atoms with E-state index in [-0.39, 0.29) is 11.9 Å². The molecule has 1 saturated heterocycles. The van der Waals surface area contributed by atoms with Gasteiger partial charge in [0.2, 0.25) is 0 Å². The van der Waals surface area contributed by atoms with E-state index in [2.05, 4.69) is 20.8 Å². The molecule has 0 spiro atoms. The molecule has 1 aromatic rings. The molecule has 3 atom stereocenters. The predicted octanol–water partition coefficient (Wildman–Crippen LogP) is 4.08. The van der Waals surface area contributed by atoms with Crippen LogP contribution in [0.3, 0.4) is 0 Å². The summed E-state index contributed by atoms with van der Waals surface area (Å²) in [6, 6.07) is 3.41. The zero-order valence-corrected chi connectivity index (χ0v) is 13.5. The molecule has 0 aromatic heterocycles. The van der Waals surface area contributed by atoms with Crippen molar-refractivity contribution in [3.8, 4) is 0 Å². The third-order valence-electron chi connectivity index (χ3n) is 4.18. The first-order valence-corrected chi connectivity index (χ1v) is 7.62. The Hall–Kier alpha value is -0.930. The van der Waals surface area contributed by atoms with Crippen molar-refractivity contribution >= 4 is 34.8 Å². The maximum absolute atomic E-state index is 12.7. The second-order valence-electron chi connectivity index (χ2n) is 5.87. The summed E-state index contributed by atoms with van der Waals surface area (Å²) >= 11 is 12.0. The first-order chi connectivity index (χ1) is 9.31. The molecule has 1 heterocycles. The molecule has 110 valence electrons. The van der Waals surface area contributed by atoms with Gasteiger partial charge in [-0.25, -0.2) is 0 Å². The number of nitrogen functional groups attached to an aromatic ring is 1. The molecule has 1 amide bonds. The highest BCUT2D eigenvalue weighted by molar-refractivity contribution is 6.39. The molecule has 1 aliphatic heterocycles. The molecule has 1 fully saturated rings. The standard InChI is InChI=1S/C15H20Cl2N2O/c1-8-4-9(2)10(3)19(7-8)15(20)11-5-12(16)14(18)13(17)6-11/h5-6,8-10H,4,7,18H2,1-3H3. The number of nitrogens with two attached hydrogens (primary N) is 1. The third-order valence-corrected chi connectivity index (χ3v) is 4.81. The fraction of sp³-hybridized carbons (Fsp3) is 0.533. The van der Waals surface area contributed by atoms with Crippen molar-refractivity contribution in [2.24, 2.45) is 11.8 Å². The fourth-order valence-electron chi connectivity index (χ4n) is 2.86. The molecule has 2 N–H and O–H groups in total. The summed E-state index contributed by atoms with van der Waals surface area (Å²) in [5, 5.41) is 0.651. The predicted molar refractivity (Wildman–Crippen MR) is 84.3 cm³/mol. The topological polar surface area (TPSA) is 46.3 Å². The minimum Gasteiger partial charge on any atom is -0.396 e. The van der Waals surface area contributed by atoms with Gasteiger partial charge in [-0.15, -0.1) is 0 Å². The van der Waals surface area contributed by atoms with E-state index in [0.29, 0.717) is 33.1 Å². The van der Waals surface area contributed by atoms with Gasteiger partial charge in [0.15, 0.2) is 0 Å². The number of likely N-dealkylation sites (tertiary alicyclic amines) is 1. The molecular formula is C15H20Cl2N2O. The van der Waals surface area contributed by atoms with E-state index in [0.717, 1.165) is 13.0 Å². The summed E-state index contributed by atoms with van der Waals surface area (Å²) in [4.78, 5) is 14.6. The monoisotopic (exact) mass is 314 g/mol.